The number of hydrogen-bond acceptors (Lipinski definition) is 5. The summed E-state index contributed by atoms with van der Waals surface area (Å²) in [4.78, 5) is 0.0167. The van der Waals surface area contributed by atoms with Crippen LogP contribution in [-0.2, 0) is 26.1 Å². The first kappa shape index (κ1) is 28.6. The molecule has 0 amide bonds. The molecule has 0 fully saturated rings. The summed E-state index contributed by atoms with van der Waals surface area (Å²) in [7, 11) is -9.23. The van der Waals surface area contributed by atoms with Crippen LogP contribution in [0, 0.1) is 23.5 Å². The molecule has 3 atom stereocenters. The van der Waals surface area contributed by atoms with Crippen molar-refractivity contribution in [1.29, 1.82) is 0 Å². The molecule has 13 heteroatoms. The molecule has 2 aromatic carbocycles. The molecule has 1 heterocycles. The van der Waals surface area contributed by atoms with Gasteiger partial charge in [0.25, 0.3) is 0 Å². The van der Waals surface area contributed by atoms with Crippen LogP contribution >= 0.6 is 11.6 Å². The molecule has 0 aliphatic carbocycles. The standard InChI is InChI=1S/C23H24ClF5O5S2/c1-14(36(32,33)18-6-4-17(24)5-7-18)2-3-15(10-11-35(30,31)23(27,28)29)16-12-19-20(25)8-9-21(26)22(19)34-13-16/h4-9,14-16H,2-3,10-13H2,1H3/t14-,15+,16+/m1/s1. The summed E-state index contributed by atoms with van der Waals surface area (Å²) < 4.78 is 122. The second kappa shape index (κ2) is 10.8. The van der Waals surface area contributed by atoms with Crippen molar-refractivity contribution in [3.8, 4) is 5.75 Å². The third kappa shape index (κ3) is 6.31. The molecule has 0 unspecified atom stereocenters. The lowest BCUT2D eigenvalue weighted by molar-refractivity contribution is -0.0437. The van der Waals surface area contributed by atoms with Gasteiger partial charge in [-0.2, -0.15) is 13.2 Å². The predicted molar refractivity (Wildman–Crippen MR) is 124 cm³/mol. The fraction of sp³-hybridized carbons (Fsp3) is 0.478. The third-order valence-corrected chi connectivity index (χ3v) is 10.4. The van der Waals surface area contributed by atoms with Crippen molar-refractivity contribution in [2.24, 2.45) is 11.8 Å². The van der Waals surface area contributed by atoms with E-state index in [9.17, 15) is 38.8 Å². The topological polar surface area (TPSA) is 77.5 Å². The molecule has 0 spiro atoms. The van der Waals surface area contributed by atoms with Crippen molar-refractivity contribution in [1.82, 2.24) is 0 Å². The van der Waals surface area contributed by atoms with Gasteiger partial charge in [0.1, 0.15) is 5.82 Å². The maximum Gasteiger partial charge on any atom is 0.497 e. The average Bonchev–Trinajstić information content (AvgIpc) is 2.80. The van der Waals surface area contributed by atoms with Crippen molar-refractivity contribution in [3.63, 3.8) is 0 Å². The van der Waals surface area contributed by atoms with Crippen molar-refractivity contribution in [3.05, 3.63) is 58.6 Å². The zero-order chi connectivity index (χ0) is 26.9. The smallest absolute Gasteiger partial charge is 0.490 e. The zero-order valence-corrected chi connectivity index (χ0v) is 21.5. The molecule has 200 valence electrons. The summed E-state index contributed by atoms with van der Waals surface area (Å²) in [5, 5.41) is -0.611. The van der Waals surface area contributed by atoms with Crippen molar-refractivity contribution >= 4 is 31.3 Å². The van der Waals surface area contributed by atoms with Gasteiger partial charge in [0.2, 0.25) is 9.84 Å². The second-order valence-electron chi connectivity index (χ2n) is 8.81. The van der Waals surface area contributed by atoms with Crippen LogP contribution in [0.15, 0.2) is 41.3 Å². The highest BCUT2D eigenvalue weighted by Gasteiger charge is 2.45. The molecule has 2 aromatic rings. The minimum atomic E-state index is -5.44. The molecule has 0 bridgehead atoms. The van der Waals surface area contributed by atoms with Crippen LogP contribution in [0.4, 0.5) is 22.0 Å². The molecule has 36 heavy (non-hydrogen) atoms. The summed E-state index contributed by atoms with van der Waals surface area (Å²) in [5.74, 6) is -4.45. The van der Waals surface area contributed by atoms with E-state index in [1.54, 1.807) is 0 Å². The van der Waals surface area contributed by atoms with Gasteiger partial charge in [0.05, 0.1) is 22.5 Å². The van der Waals surface area contributed by atoms with Gasteiger partial charge in [-0.3, -0.25) is 0 Å². The molecule has 0 radical (unpaired) electrons. The van der Waals surface area contributed by atoms with E-state index in [0.29, 0.717) is 5.02 Å². The van der Waals surface area contributed by atoms with Crippen LogP contribution in [0.2, 0.25) is 5.02 Å². The Hall–Kier alpha value is -1.92. The fourth-order valence-corrected chi connectivity index (χ4v) is 6.63. The third-order valence-electron chi connectivity index (χ3n) is 6.46. The summed E-state index contributed by atoms with van der Waals surface area (Å²) in [6.45, 7) is 1.26. The first-order chi connectivity index (χ1) is 16.6. The Morgan fingerprint density at radius 1 is 0.972 bits per heavy atom. The van der Waals surface area contributed by atoms with Gasteiger partial charge in [0.15, 0.2) is 21.4 Å². The minimum absolute atomic E-state index is 0.00329. The van der Waals surface area contributed by atoms with Gasteiger partial charge in [-0.15, -0.1) is 0 Å². The number of benzene rings is 2. The number of halogens is 6. The number of hydrogen-bond donors (Lipinski definition) is 0. The van der Waals surface area contributed by atoms with Crippen LogP contribution in [0.3, 0.4) is 0 Å². The SMILES string of the molecule is C[C@H](CC[C@@H](CCS(=O)(=O)C(F)(F)F)[C@@H]1COc2c(F)ccc(F)c2C1)S(=O)(=O)c1ccc(Cl)cc1. The first-order valence-corrected chi connectivity index (χ1v) is 14.6. The molecule has 3 rings (SSSR count). The fourth-order valence-electron chi connectivity index (χ4n) is 4.23. The Bertz CT molecular complexity index is 1300. The highest BCUT2D eigenvalue weighted by molar-refractivity contribution is 7.92. The first-order valence-electron chi connectivity index (χ1n) is 11.0. The summed E-state index contributed by atoms with van der Waals surface area (Å²) in [5.41, 5.74) is -5.52. The lowest BCUT2D eigenvalue weighted by Crippen LogP contribution is -2.33. The van der Waals surface area contributed by atoms with Gasteiger partial charge in [-0.25, -0.2) is 25.6 Å². The lowest BCUT2D eigenvalue weighted by Gasteiger charge is -2.32. The maximum atomic E-state index is 14.3. The predicted octanol–water partition coefficient (Wildman–Crippen LogP) is 5.75. The number of ether oxygens (including phenoxy) is 1. The summed E-state index contributed by atoms with van der Waals surface area (Å²) in [6.07, 6.45) is -0.512. The van der Waals surface area contributed by atoms with E-state index in [1.165, 1.54) is 31.2 Å². The second-order valence-corrected chi connectivity index (χ2v) is 13.7. The zero-order valence-electron chi connectivity index (χ0n) is 19.1. The Morgan fingerprint density at radius 2 is 1.58 bits per heavy atom. The van der Waals surface area contributed by atoms with Crippen molar-refractivity contribution < 1.29 is 43.5 Å². The Labute approximate surface area is 211 Å². The largest absolute Gasteiger partial charge is 0.497 e. The quantitative estimate of drug-likeness (QED) is 0.356. The number of rotatable bonds is 9. The number of alkyl halides is 3. The molecule has 1 aliphatic rings. The summed E-state index contributed by atoms with van der Waals surface area (Å²) in [6, 6.07) is 7.30. The van der Waals surface area contributed by atoms with Gasteiger partial charge in [0, 0.05) is 16.5 Å². The van der Waals surface area contributed by atoms with Crippen LogP contribution in [0.25, 0.3) is 0 Å². The molecule has 1 aliphatic heterocycles. The van der Waals surface area contributed by atoms with Gasteiger partial charge < -0.3 is 4.74 Å². The van der Waals surface area contributed by atoms with E-state index < -0.39 is 66.1 Å². The lowest BCUT2D eigenvalue weighted by atomic mass is 9.81. The minimum Gasteiger partial charge on any atom is -0.490 e. The Morgan fingerprint density at radius 3 is 2.19 bits per heavy atom. The van der Waals surface area contributed by atoms with Crippen molar-refractivity contribution in [2.45, 2.75) is 48.3 Å². The van der Waals surface area contributed by atoms with Gasteiger partial charge in [-0.05, 0) is 74.9 Å². The Kier molecular flexibility index (Phi) is 8.61. The van der Waals surface area contributed by atoms with Crippen LogP contribution in [-0.4, -0.2) is 40.0 Å². The maximum absolute atomic E-state index is 14.3. The summed E-state index contributed by atoms with van der Waals surface area (Å²) >= 11 is 5.80. The molecular weight excluding hydrogens is 551 g/mol. The molecular formula is C23H24ClF5O5S2. The van der Waals surface area contributed by atoms with E-state index in [2.05, 4.69) is 0 Å². The molecule has 0 aromatic heterocycles. The molecule has 0 saturated heterocycles. The van der Waals surface area contributed by atoms with Crippen LogP contribution < -0.4 is 4.74 Å². The van der Waals surface area contributed by atoms with Crippen LogP contribution in [0.1, 0.15) is 31.7 Å². The molecule has 0 N–H and O–H groups in total. The van der Waals surface area contributed by atoms with Gasteiger partial charge in [-0.1, -0.05) is 11.6 Å². The van der Waals surface area contributed by atoms with Crippen LogP contribution in [0.5, 0.6) is 5.75 Å². The average molecular weight is 575 g/mol. The van der Waals surface area contributed by atoms with Crippen molar-refractivity contribution in [2.75, 3.05) is 12.4 Å². The number of fused-ring (bicyclic) bond motifs is 1. The highest BCUT2D eigenvalue weighted by atomic mass is 35.5. The van der Waals surface area contributed by atoms with Gasteiger partial charge >= 0.3 is 5.51 Å². The monoisotopic (exact) mass is 574 g/mol. The van der Waals surface area contributed by atoms with E-state index in [4.69, 9.17) is 16.3 Å². The van der Waals surface area contributed by atoms with E-state index >= 15 is 0 Å². The Balaban J connectivity index is 1.81. The van der Waals surface area contributed by atoms with E-state index in [1.807, 2.05) is 0 Å². The highest BCUT2D eigenvalue weighted by Crippen LogP contribution is 2.38. The van der Waals surface area contributed by atoms with E-state index in [0.717, 1.165) is 12.1 Å². The molecule has 5 nitrogen and oxygen atoms in total. The number of sulfone groups is 2. The van der Waals surface area contributed by atoms with E-state index in [-0.39, 0.29) is 42.1 Å². The molecule has 0 saturated carbocycles. The normalized spacial score (nSPS) is 18.2.